The van der Waals surface area contributed by atoms with E-state index in [1.54, 1.807) is 0 Å². The van der Waals surface area contributed by atoms with Gasteiger partial charge in [-0.15, -0.1) is 0 Å². The van der Waals surface area contributed by atoms with Crippen molar-refractivity contribution in [3.05, 3.63) is 48.7 Å². The number of benzene rings is 1. The Morgan fingerprint density at radius 1 is 1.22 bits per heavy atom. The van der Waals surface area contributed by atoms with E-state index in [4.69, 9.17) is 0 Å². The second-order valence-electron chi connectivity index (χ2n) is 5.42. The maximum absolute atomic E-state index is 4.54. The van der Waals surface area contributed by atoms with E-state index in [1.165, 1.54) is 35.8 Å². The van der Waals surface area contributed by atoms with Crippen LogP contribution in [0.5, 0.6) is 0 Å². The zero-order valence-corrected chi connectivity index (χ0v) is 10.9. The third kappa shape index (κ3) is 1.84. The van der Waals surface area contributed by atoms with E-state index in [-0.39, 0.29) is 0 Å². The summed E-state index contributed by atoms with van der Waals surface area (Å²) in [6.45, 7) is 6.72. The van der Waals surface area contributed by atoms with Crippen LogP contribution in [0, 0.1) is 11.8 Å². The van der Waals surface area contributed by atoms with Crippen LogP contribution in [0.15, 0.2) is 43.1 Å². The number of hydrogen-bond donors (Lipinski definition) is 0. The summed E-state index contributed by atoms with van der Waals surface area (Å²) in [6, 6.07) is 10.5. The minimum atomic E-state index is 0.637. The van der Waals surface area contributed by atoms with Crippen LogP contribution in [-0.2, 0) is 0 Å². The lowest BCUT2D eigenvalue weighted by Crippen LogP contribution is -2.06. The van der Waals surface area contributed by atoms with Crippen LogP contribution in [-0.4, -0.2) is 4.98 Å². The van der Waals surface area contributed by atoms with Crippen molar-refractivity contribution in [2.75, 3.05) is 0 Å². The highest BCUT2D eigenvalue weighted by Crippen LogP contribution is 2.41. The molecular formula is C17H19N. The van der Waals surface area contributed by atoms with Crippen molar-refractivity contribution >= 4 is 16.5 Å². The highest BCUT2D eigenvalue weighted by atomic mass is 14.6. The molecule has 1 unspecified atom stereocenters. The quantitative estimate of drug-likeness (QED) is 0.738. The van der Waals surface area contributed by atoms with Crippen LogP contribution < -0.4 is 0 Å². The van der Waals surface area contributed by atoms with E-state index in [0.29, 0.717) is 5.92 Å². The summed E-state index contributed by atoms with van der Waals surface area (Å²) in [6.07, 6.45) is 5.82. The SMILES string of the molecule is C=C(c1cccc2cccnc12)C1CCC[C@@H]1C. The molecule has 0 spiro atoms. The van der Waals surface area contributed by atoms with Crippen molar-refractivity contribution in [2.45, 2.75) is 26.2 Å². The molecule has 1 saturated carbocycles. The summed E-state index contributed by atoms with van der Waals surface area (Å²) in [7, 11) is 0. The average Bonchev–Trinajstić information content (AvgIpc) is 2.83. The lowest BCUT2D eigenvalue weighted by molar-refractivity contribution is 0.518. The maximum atomic E-state index is 4.54. The van der Waals surface area contributed by atoms with Crippen LogP contribution in [0.3, 0.4) is 0 Å². The lowest BCUT2D eigenvalue weighted by Gasteiger charge is -2.19. The van der Waals surface area contributed by atoms with Gasteiger partial charge >= 0.3 is 0 Å². The van der Waals surface area contributed by atoms with E-state index in [2.05, 4.69) is 42.8 Å². The third-order valence-electron chi connectivity index (χ3n) is 4.29. The number of allylic oxidation sites excluding steroid dienone is 1. The van der Waals surface area contributed by atoms with E-state index in [1.807, 2.05) is 12.3 Å². The smallest absolute Gasteiger partial charge is 0.0776 e. The maximum Gasteiger partial charge on any atom is 0.0776 e. The first kappa shape index (κ1) is 11.5. The molecule has 1 aliphatic rings. The largest absolute Gasteiger partial charge is 0.256 e. The molecule has 2 atom stereocenters. The topological polar surface area (TPSA) is 12.9 Å². The molecule has 92 valence electrons. The summed E-state index contributed by atoms with van der Waals surface area (Å²) in [4.78, 5) is 4.54. The molecule has 3 rings (SSSR count). The first-order chi connectivity index (χ1) is 8.77. The van der Waals surface area contributed by atoms with Gasteiger partial charge in [0.25, 0.3) is 0 Å². The minimum Gasteiger partial charge on any atom is -0.256 e. The molecule has 0 radical (unpaired) electrons. The van der Waals surface area contributed by atoms with Gasteiger partial charge in [0.2, 0.25) is 0 Å². The zero-order valence-electron chi connectivity index (χ0n) is 10.9. The molecule has 2 aromatic rings. The van der Waals surface area contributed by atoms with Crippen LogP contribution in [0.1, 0.15) is 31.7 Å². The van der Waals surface area contributed by atoms with Gasteiger partial charge in [0, 0.05) is 17.1 Å². The van der Waals surface area contributed by atoms with E-state index in [0.717, 1.165) is 11.4 Å². The number of fused-ring (bicyclic) bond motifs is 1. The fraction of sp³-hybridized carbons (Fsp3) is 0.353. The molecule has 1 heterocycles. The molecular weight excluding hydrogens is 218 g/mol. The molecule has 0 N–H and O–H groups in total. The fourth-order valence-corrected chi connectivity index (χ4v) is 3.23. The standard InChI is InChI=1S/C17H19N/c1-12-6-3-9-15(12)13(2)16-10-4-7-14-8-5-11-18-17(14)16/h4-5,7-8,10-12,15H,2-3,6,9H2,1H3/t12-,15?/m0/s1. The monoisotopic (exact) mass is 237 g/mol. The highest BCUT2D eigenvalue weighted by molar-refractivity contribution is 5.90. The van der Waals surface area contributed by atoms with Crippen LogP contribution in [0.2, 0.25) is 0 Å². The third-order valence-corrected chi connectivity index (χ3v) is 4.29. The van der Waals surface area contributed by atoms with Gasteiger partial charge in [-0.3, -0.25) is 4.98 Å². The molecule has 1 aliphatic carbocycles. The van der Waals surface area contributed by atoms with Gasteiger partial charge < -0.3 is 0 Å². The highest BCUT2D eigenvalue weighted by Gasteiger charge is 2.27. The Kier molecular flexibility index (Phi) is 2.91. The number of aromatic nitrogens is 1. The predicted octanol–water partition coefficient (Wildman–Crippen LogP) is 4.68. The van der Waals surface area contributed by atoms with Gasteiger partial charge in [0.1, 0.15) is 0 Å². The Balaban J connectivity index is 2.06. The molecule has 1 aromatic heterocycles. The van der Waals surface area contributed by atoms with E-state index < -0.39 is 0 Å². The van der Waals surface area contributed by atoms with Crippen molar-refractivity contribution < 1.29 is 0 Å². The molecule has 18 heavy (non-hydrogen) atoms. The van der Waals surface area contributed by atoms with Gasteiger partial charge in [-0.1, -0.05) is 50.6 Å². The Labute approximate surface area is 109 Å². The van der Waals surface area contributed by atoms with Gasteiger partial charge in [0.15, 0.2) is 0 Å². The number of hydrogen-bond acceptors (Lipinski definition) is 1. The molecule has 1 nitrogen and oxygen atoms in total. The summed E-state index contributed by atoms with van der Waals surface area (Å²) in [5.74, 6) is 1.40. The Hall–Kier alpha value is -1.63. The normalized spacial score (nSPS) is 23.4. The fourth-order valence-electron chi connectivity index (χ4n) is 3.23. The van der Waals surface area contributed by atoms with Gasteiger partial charge in [0.05, 0.1) is 5.52 Å². The van der Waals surface area contributed by atoms with Crippen molar-refractivity contribution in [1.82, 2.24) is 4.98 Å². The second kappa shape index (κ2) is 4.56. The van der Waals surface area contributed by atoms with E-state index in [9.17, 15) is 0 Å². The number of rotatable bonds is 2. The Morgan fingerprint density at radius 2 is 2.06 bits per heavy atom. The first-order valence-corrected chi connectivity index (χ1v) is 6.80. The van der Waals surface area contributed by atoms with Crippen molar-refractivity contribution in [1.29, 1.82) is 0 Å². The Morgan fingerprint density at radius 3 is 2.83 bits per heavy atom. The molecule has 1 aromatic carbocycles. The minimum absolute atomic E-state index is 0.637. The molecule has 1 heteroatoms. The van der Waals surface area contributed by atoms with Crippen LogP contribution in [0.4, 0.5) is 0 Å². The average molecular weight is 237 g/mol. The first-order valence-electron chi connectivity index (χ1n) is 6.80. The van der Waals surface area contributed by atoms with Crippen molar-refractivity contribution in [3.63, 3.8) is 0 Å². The Bertz CT molecular complexity index is 580. The predicted molar refractivity (Wildman–Crippen MR) is 77.3 cm³/mol. The second-order valence-corrected chi connectivity index (χ2v) is 5.42. The molecule has 0 amide bonds. The van der Waals surface area contributed by atoms with Crippen LogP contribution >= 0.6 is 0 Å². The summed E-state index contributed by atoms with van der Waals surface area (Å²) >= 11 is 0. The number of pyridine rings is 1. The zero-order chi connectivity index (χ0) is 12.5. The number of nitrogens with zero attached hydrogens (tertiary/aromatic N) is 1. The molecule has 0 bridgehead atoms. The van der Waals surface area contributed by atoms with Crippen molar-refractivity contribution in [3.8, 4) is 0 Å². The summed E-state index contributed by atoms with van der Waals surface area (Å²) < 4.78 is 0. The molecule has 0 saturated heterocycles. The van der Waals surface area contributed by atoms with Gasteiger partial charge in [-0.2, -0.15) is 0 Å². The van der Waals surface area contributed by atoms with Crippen LogP contribution in [0.25, 0.3) is 16.5 Å². The lowest BCUT2D eigenvalue weighted by atomic mass is 9.86. The van der Waals surface area contributed by atoms with Gasteiger partial charge in [-0.25, -0.2) is 0 Å². The van der Waals surface area contributed by atoms with E-state index >= 15 is 0 Å². The summed E-state index contributed by atoms with van der Waals surface area (Å²) in [5.41, 5.74) is 3.63. The number of para-hydroxylation sites is 1. The molecule has 1 fully saturated rings. The summed E-state index contributed by atoms with van der Waals surface area (Å²) in [5, 5.41) is 1.21. The van der Waals surface area contributed by atoms with Crippen molar-refractivity contribution in [2.24, 2.45) is 11.8 Å². The molecule has 0 aliphatic heterocycles. The van der Waals surface area contributed by atoms with Gasteiger partial charge in [-0.05, 0) is 29.9 Å².